The van der Waals surface area contributed by atoms with Gasteiger partial charge in [0.2, 0.25) is 0 Å². The molecule has 0 amide bonds. The van der Waals surface area contributed by atoms with E-state index in [9.17, 15) is 5.11 Å². The van der Waals surface area contributed by atoms with Gasteiger partial charge in [-0.05, 0) is 18.8 Å². The summed E-state index contributed by atoms with van der Waals surface area (Å²) in [6.45, 7) is 4.05. The third kappa shape index (κ3) is 8.52. The van der Waals surface area contributed by atoms with Crippen LogP contribution in [-0.4, -0.2) is 71.6 Å². The van der Waals surface area contributed by atoms with Crippen LogP contribution < -0.4 is 5.32 Å². The molecule has 5 N–H and O–H groups in total. The van der Waals surface area contributed by atoms with E-state index in [0.29, 0.717) is 12.5 Å². The second kappa shape index (κ2) is 10.5. The highest BCUT2D eigenvalue weighted by atomic mass is 16.5. The molecule has 116 valence electrons. The molecule has 0 spiro atoms. The topological polar surface area (TPSA) is 102 Å². The first-order valence-electron chi connectivity index (χ1n) is 6.83. The van der Waals surface area contributed by atoms with Gasteiger partial charge in [0, 0.05) is 13.2 Å². The van der Waals surface area contributed by atoms with Crippen LogP contribution in [0.25, 0.3) is 0 Å². The highest BCUT2D eigenvalue weighted by Crippen LogP contribution is 2.04. The van der Waals surface area contributed by atoms with E-state index < -0.39 is 31.5 Å². The minimum atomic E-state index is -1.15. The van der Waals surface area contributed by atoms with E-state index in [1.54, 1.807) is 0 Å². The van der Waals surface area contributed by atoms with Crippen LogP contribution in [0.2, 0.25) is 0 Å². The number of hydrogen-bond donors (Lipinski definition) is 5. The van der Waals surface area contributed by atoms with Crippen molar-refractivity contribution < 1.29 is 25.2 Å². The SMILES string of the molecule is CC(C)CCCOCC(O)CNC(CO)(CO)CO. The molecule has 0 saturated heterocycles. The van der Waals surface area contributed by atoms with Gasteiger partial charge in [0.15, 0.2) is 0 Å². The third-order valence-electron chi connectivity index (χ3n) is 3.00. The van der Waals surface area contributed by atoms with Crippen molar-refractivity contribution >= 4 is 0 Å². The Labute approximate surface area is 115 Å². The molecule has 0 aromatic carbocycles. The minimum absolute atomic E-state index is 0.145. The van der Waals surface area contributed by atoms with Crippen LogP contribution in [0.15, 0.2) is 0 Å². The zero-order valence-corrected chi connectivity index (χ0v) is 12.0. The monoisotopic (exact) mass is 279 g/mol. The van der Waals surface area contributed by atoms with Crippen molar-refractivity contribution in [3.63, 3.8) is 0 Å². The summed E-state index contributed by atoms with van der Waals surface area (Å²) < 4.78 is 5.33. The van der Waals surface area contributed by atoms with Crippen LogP contribution in [0.1, 0.15) is 26.7 Å². The fourth-order valence-corrected chi connectivity index (χ4v) is 1.52. The summed E-state index contributed by atoms with van der Waals surface area (Å²) in [4.78, 5) is 0. The normalized spacial score (nSPS) is 14.1. The summed E-state index contributed by atoms with van der Waals surface area (Å²) in [7, 11) is 0. The van der Waals surface area contributed by atoms with Crippen molar-refractivity contribution in [2.45, 2.75) is 38.3 Å². The molecule has 19 heavy (non-hydrogen) atoms. The van der Waals surface area contributed by atoms with Gasteiger partial charge in [-0.1, -0.05) is 13.8 Å². The molecule has 0 radical (unpaired) electrons. The van der Waals surface area contributed by atoms with Gasteiger partial charge in [0.05, 0.1) is 38.1 Å². The van der Waals surface area contributed by atoms with E-state index in [2.05, 4.69) is 19.2 Å². The molecule has 0 bridgehead atoms. The predicted octanol–water partition coefficient (Wildman–Crippen LogP) is -0.895. The molecule has 0 aliphatic carbocycles. The first kappa shape index (κ1) is 18.8. The van der Waals surface area contributed by atoms with Crippen LogP contribution in [0, 0.1) is 5.92 Å². The fourth-order valence-electron chi connectivity index (χ4n) is 1.52. The van der Waals surface area contributed by atoms with Crippen molar-refractivity contribution in [3.05, 3.63) is 0 Å². The molecule has 1 unspecified atom stereocenters. The Kier molecular flexibility index (Phi) is 10.4. The number of hydrogen-bond acceptors (Lipinski definition) is 6. The Morgan fingerprint density at radius 2 is 1.68 bits per heavy atom. The van der Waals surface area contributed by atoms with E-state index >= 15 is 0 Å². The largest absolute Gasteiger partial charge is 0.394 e. The third-order valence-corrected chi connectivity index (χ3v) is 3.00. The second-order valence-electron chi connectivity index (χ2n) is 5.40. The minimum Gasteiger partial charge on any atom is -0.394 e. The van der Waals surface area contributed by atoms with Gasteiger partial charge >= 0.3 is 0 Å². The summed E-state index contributed by atoms with van der Waals surface area (Å²) in [6.07, 6.45) is 1.32. The highest BCUT2D eigenvalue weighted by Gasteiger charge is 2.27. The van der Waals surface area contributed by atoms with Crippen molar-refractivity contribution in [2.75, 3.05) is 39.6 Å². The van der Waals surface area contributed by atoms with Crippen LogP contribution in [-0.2, 0) is 4.74 Å². The maximum atomic E-state index is 9.68. The molecule has 0 heterocycles. The summed E-state index contributed by atoms with van der Waals surface area (Å²) in [5.74, 6) is 0.648. The van der Waals surface area contributed by atoms with E-state index in [0.717, 1.165) is 12.8 Å². The standard InChI is InChI=1S/C13H29NO5/c1-11(2)4-3-5-19-7-12(18)6-14-13(8-15,9-16)10-17/h11-12,14-18H,3-10H2,1-2H3. The first-order chi connectivity index (χ1) is 8.99. The van der Waals surface area contributed by atoms with E-state index in [1.165, 1.54) is 0 Å². The van der Waals surface area contributed by atoms with Gasteiger partial charge in [0.1, 0.15) is 0 Å². The smallest absolute Gasteiger partial charge is 0.0897 e. The van der Waals surface area contributed by atoms with Crippen molar-refractivity contribution in [2.24, 2.45) is 5.92 Å². The number of aliphatic hydroxyl groups excluding tert-OH is 4. The Morgan fingerprint density at radius 3 is 2.16 bits per heavy atom. The van der Waals surface area contributed by atoms with E-state index in [4.69, 9.17) is 20.1 Å². The van der Waals surface area contributed by atoms with Gasteiger partial charge in [-0.15, -0.1) is 0 Å². The van der Waals surface area contributed by atoms with E-state index in [1.807, 2.05) is 0 Å². The molecule has 0 fully saturated rings. The molecule has 6 heteroatoms. The van der Waals surface area contributed by atoms with Crippen molar-refractivity contribution in [3.8, 4) is 0 Å². The van der Waals surface area contributed by atoms with Gasteiger partial charge in [0.25, 0.3) is 0 Å². The Bertz CT molecular complexity index is 201. The number of aliphatic hydroxyl groups is 4. The molecule has 1 atom stereocenters. The van der Waals surface area contributed by atoms with Crippen LogP contribution >= 0.6 is 0 Å². The molecule has 0 aromatic rings. The van der Waals surface area contributed by atoms with Gasteiger partial charge < -0.3 is 30.5 Å². The summed E-state index contributed by atoms with van der Waals surface area (Å²) in [5, 5.41) is 39.7. The Morgan fingerprint density at radius 1 is 1.11 bits per heavy atom. The summed E-state index contributed by atoms with van der Waals surface area (Å²) in [6, 6.07) is 0. The van der Waals surface area contributed by atoms with Crippen LogP contribution in [0.3, 0.4) is 0 Å². The number of ether oxygens (including phenoxy) is 1. The molecule has 6 nitrogen and oxygen atoms in total. The zero-order valence-electron chi connectivity index (χ0n) is 12.0. The number of nitrogens with one attached hydrogen (secondary N) is 1. The maximum Gasteiger partial charge on any atom is 0.0897 e. The molecule has 0 rings (SSSR count). The lowest BCUT2D eigenvalue weighted by Crippen LogP contribution is -2.57. The summed E-state index contributed by atoms with van der Waals surface area (Å²) in [5.41, 5.74) is -1.15. The Hall–Kier alpha value is -0.240. The van der Waals surface area contributed by atoms with Crippen LogP contribution in [0.5, 0.6) is 0 Å². The lowest BCUT2D eigenvalue weighted by molar-refractivity contribution is 0.00746. The fraction of sp³-hybridized carbons (Fsp3) is 1.00. The second-order valence-corrected chi connectivity index (χ2v) is 5.40. The lowest BCUT2D eigenvalue weighted by atomic mass is 10.0. The van der Waals surface area contributed by atoms with E-state index in [-0.39, 0.29) is 13.2 Å². The summed E-state index contributed by atoms with van der Waals surface area (Å²) >= 11 is 0. The quantitative estimate of drug-likeness (QED) is 0.297. The molecular weight excluding hydrogens is 250 g/mol. The van der Waals surface area contributed by atoms with Crippen molar-refractivity contribution in [1.29, 1.82) is 0 Å². The van der Waals surface area contributed by atoms with Gasteiger partial charge in [-0.2, -0.15) is 0 Å². The molecule has 0 saturated carbocycles. The molecule has 0 aromatic heterocycles. The van der Waals surface area contributed by atoms with Crippen molar-refractivity contribution in [1.82, 2.24) is 5.32 Å². The van der Waals surface area contributed by atoms with Gasteiger partial charge in [-0.25, -0.2) is 0 Å². The first-order valence-corrected chi connectivity index (χ1v) is 6.83. The van der Waals surface area contributed by atoms with Crippen LogP contribution in [0.4, 0.5) is 0 Å². The molecule has 0 aliphatic rings. The number of rotatable bonds is 12. The maximum absolute atomic E-state index is 9.68. The average Bonchev–Trinajstić information content (AvgIpc) is 2.40. The number of β-amino-alcohol motifs (C(OH)–C–C–N with tert-alkyl or cyclic N) is 1. The zero-order chi connectivity index (χ0) is 14.7. The predicted molar refractivity (Wildman–Crippen MR) is 72.9 cm³/mol. The lowest BCUT2D eigenvalue weighted by Gasteiger charge is -2.29. The molecular formula is C13H29NO5. The average molecular weight is 279 g/mol. The van der Waals surface area contributed by atoms with Gasteiger partial charge in [-0.3, -0.25) is 0 Å². The molecule has 0 aliphatic heterocycles. The Balaban J connectivity index is 3.71. The highest BCUT2D eigenvalue weighted by molar-refractivity contribution is 4.86.